The van der Waals surface area contributed by atoms with Gasteiger partial charge in [-0.1, -0.05) is 40.5 Å². The number of nitrogens with one attached hydrogen (secondary N) is 1. The summed E-state index contributed by atoms with van der Waals surface area (Å²) in [5.74, 6) is 1.63. The van der Waals surface area contributed by atoms with Crippen LogP contribution in [0, 0.1) is 11.8 Å². The van der Waals surface area contributed by atoms with Gasteiger partial charge in [0.2, 0.25) is 0 Å². The molecule has 0 aromatic carbocycles. The van der Waals surface area contributed by atoms with Gasteiger partial charge in [0.1, 0.15) is 0 Å². The molecule has 0 rings (SSSR count). The Morgan fingerprint density at radius 2 is 1.43 bits per heavy atom. The molecular formula is C12H28ClN. The predicted octanol–water partition coefficient (Wildman–Crippen LogP) is 3.87. The van der Waals surface area contributed by atoms with Crippen molar-refractivity contribution < 1.29 is 0 Å². The summed E-state index contributed by atoms with van der Waals surface area (Å²) in [7, 11) is 0. The highest BCUT2D eigenvalue weighted by atomic mass is 35.5. The maximum atomic E-state index is 3.56. The van der Waals surface area contributed by atoms with E-state index in [0.29, 0.717) is 6.04 Å². The van der Waals surface area contributed by atoms with Crippen LogP contribution in [0.15, 0.2) is 0 Å². The molecule has 0 aliphatic heterocycles. The molecule has 0 bridgehead atoms. The van der Waals surface area contributed by atoms with Gasteiger partial charge >= 0.3 is 0 Å². The molecule has 1 nitrogen and oxygen atoms in total. The van der Waals surface area contributed by atoms with Gasteiger partial charge in [-0.25, -0.2) is 0 Å². The van der Waals surface area contributed by atoms with Crippen molar-refractivity contribution in [2.75, 3.05) is 6.54 Å². The van der Waals surface area contributed by atoms with Crippen molar-refractivity contribution in [3.63, 3.8) is 0 Å². The molecule has 0 aromatic rings. The molecule has 2 heteroatoms. The lowest BCUT2D eigenvalue weighted by Crippen LogP contribution is -2.29. The lowest BCUT2D eigenvalue weighted by atomic mass is 10.0. The maximum absolute atomic E-state index is 3.56. The quantitative estimate of drug-likeness (QED) is 0.689. The van der Waals surface area contributed by atoms with Gasteiger partial charge in [-0.2, -0.15) is 0 Å². The van der Waals surface area contributed by atoms with Crippen LogP contribution in [0.4, 0.5) is 0 Å². The summed E-state index contributed by atoms with van der Waals surface area (Å²) in [4.78, 5) is 0. The largest absolute Gasteiger partial charge is 0.314 e. The first kappa shape index (κ1) is 16.7. The SMILES string of the molecule is CC(C)CCCC(C)NCC(C)C.Cl. The number of rotatable bonds is 7. The van der Waals surface area contributed by atoms with Crippen LogP contribution >= 0.6 is 12.4 Å². The van der Waals surface area contributed by atoms with E-state index in [4.69, 9.17) is 0 Å². The fourth-order valence-corrected chi connectivity index (χ4v) is 1.37. The molecule has 1 atom stereocenters. The minimum atomic E-state index is 0. The van der Waals surface area contributed by atoms with E-state index in [1.165, 1.54) is 19.3 Å². The van der Waals surface area contributed by atoms with Gasteiger partial charge in [0.05, 0.1) is 0 Å². The molecule has 0 radical (unpaired) electrons. The van der Waals surface area contributed by atoms with E-state index in [9.17, 15) is 0 Å². The molecular weight excluding hydrogens is 194 g/mol. The standard InChI is InChI=1S/C12H27N.ClH/c1-10(2)7-6-8-12(5)13-9-11(3)4;/h10-13H,6-9H2,1-5H3;1H. The number of halogens is 1. The van der Waals surface area contributed by atoms with Crippen LogP contribution in [0.1, 0.15) is 53.9 Å². The highest BCUT2D eigenvalue weighted by Crippen LogP contribution is 2.08. The third-order valence-electron chi connectivity index (χ3n) is 2.29. The van der Waals surface area contributed by atoms with Crippen molar-refractivity contribution in [1.29, 1.82) is 0 Å². The van der Waals surface area contributed by atoms with Crippen molar-refractivity contribution in [1.82, 2.24) is 5.32 Å². The molecule has 14 heavy (non-hydrogen) atoms. The summed E-state index contributed by atoms with van der Waals surface area (Å²) >= 11 is 0. The van der Waals surface area contributed by atoms with Crippen LogP contribution in [0.2, 0.25) is 0 Å². The van der Waals surface area contributed by atoms with Crippen LogP contribution in [-0.4, -0.2) is 12.6 Å². The Bertz CT molecular complexity index is 113. The lowest BCUT2D eigenvalue weighted by Gasteiger charge is -2.15. The van der Waals surface area contributed by atoms with E-state index in [1.807, 2.05) is 0 Å². The zero-order valence-corrected chi connectivity index (χ0v) is 11.3. The Labute approximate surface area is 96.5 Å². The Hall–Kier alpha value is 0.250. The summed E-state index contributed by atoms with van der Waals surface area (Å²) in [5, 5.41) is 3.56. The molecule has 0 saturated heterocycles. The molecule has 0 amide bonds. The minimum Gasteiger partial charge on any atom is -0.314 e. The summed E-state index contributed by atoms with van der Waals surface area (Å²) in [6, 6.07) is 0.696. The van der Waals surface area contributed by atoms with Crippen LogP contribution in [-0.2, 0) is 0 Å². The fraction of sp³-hybridized carbons (Fsp3) is 1.00. The third-order valence-corrected chi connectivity index (χ3v) is 2.29. The first-order valence-corrected chi connectivity index (χ1v) is 5.75. The summed E-state index contributed by atoms with van der Waals surface area (Å²) in [5.41, 5.74) is 0. The summed E-state index contributed by atoms with van der Waals surface area (Å²) in [6.45, 7) is 12.6. The van der Waals surface area contributed by atoms with Gasteiger partial charge in [0, 0.05) is 6.04 Å². The van der Waals surface area contributed by atoms with Crippen LogP contribution in [0.5, 0.6) is 0 Å². The van der Waals surface area contributed by atoms with Gasteiger partial charge in [-0.3, -0.25) is 0 Å². The average Bonchev–Trinajstić information content (AvgIpc) is 2.00. The maximum Gasteiger partial charge on any atom is 0.00388 e. The Balaban J connectivity index is 0. The van der Waals surface area contributed by atoms with Gasteiger partial charge in [0.25, 0.3) is 0 Å². The van der Waals surface area contributed by atoms with Crippen molar-refractivity contribution in [3.8, 4) is 0 Å². The van der Waals surface area contributed by atoms with E-state index in [1.54, 1.807) is 0 Å². The van der Waals surface area contributed by atoms with Crippen LogP contribution < -0.4 is 5.32 Å². The molecule has 1 unspecified atom stereocenters. The zero-order valence-electron chi connectivity index (χ0n) is 10.5. The number of hydrogen-bond acceptors (Lipinski definition) is 1. The lowest BCUT2D eigenvalue weighted by molar-refractivity contribution is 0.432. The van der Waals surface area contributed by atoms with E-state index < -0.39 is 0 Å². The van der Waals surface area contributed by atoms with Crippen molar-refractivity contribution >= 4 is 12.4 Å². The smallest absolute Gasteiger partial charge is 0.00388 e. The Morgan fingerprint density at radius 1 is 0.857 bits per heavy atom. The predicted molar refractivity (Wildman–Crippen MR) is 68.2 cm³/mol. The molecule has 88 valence electrons. The summed E-state index contributed by atoms with van der Waals surface area (Å²) < 4.78 is 0. The van der Waals surface area contributed by atoms with Crippen LogP contribution in [0.25, 0.3) is 0 Å². The highest BCUT2D eigenvalue weighted by Gasteiger charge is 2.02. The second-order valence-corrected chi connectivity index (χ2v) is 5.03. The first-order valence-electron chi connectivity index (χ1n) is 5.75. The second kappa shape index (κ2) is 9.79. The molecule has 1 N–H and O–H groups in total. The van der Waals surface area contributed by atoms with E-state index in [-0.39, 0.29) is 12.4 Å². The van der Waals surface area contributed by atoms with Crippen molar-refractivity contribution in [3.05, 3.63) is 0 Å². The molecule has 0 aromatic heterocycles. The first-order chi connectivity index (χ1) is 6.02. The molecule has 0 aliphatic rings. The van der Waals surface area contributed by atoms with Gasteiger partial charge < -0.3 is 5.32 Å². The average molecular weight is 222 g/mol. The molecule has 0 fully saturated rings. The molecule has 0 spiro atoms. The van der Waals surface area contributed by atoms with E-state index in [0.717, 1.165) is 18.4 Å². The second-order valence-electron chi connectivity index (χ2n) is 5.03. The van der Waals surface area contributed by atoms with Crippen molar-refractivity contribution in [2.45, 2.75) is 59.9 Å². The minimum absolute atomic E-state index is 0. The van der Waals surface area contributed by atoms with Crippen molar-refractivity contribution in [2.24, 2.45) is 11.8 Å². The van der Waals surface area contributed by atoms with Gasteiger partial charge in [0.15, 0.2) is 0 Å². The summed E-state index contributed by atoms with van der Waals surface area (Å²) in [6.07, 6.45) is 4.06. The Morgan fingerprint density at radius 3 is 1.86 bits per heavy atom. The molecule has 0 aliphatic carbocycles. The Kier molecular flexibility index (Phi) is 11.7. The number of hydrogen-bond donors (Lipinski definition) is 1. The topological polar surface area (TPSA) is 12.0 Å². The van der Waals surface area contributed by atoms with E-state index >= 15 is 0 Å². The third kappa shape index (κ3) is 12.2. The fourth-order valence-electron chi connectivity index (χ4n) is 1.37. The molecule has 0 heterocycles. The monoisotopic (exact) mass is 221 g/mol. The molecule has 0 saturated carbocycles. The van der Waals surface area contributed by atoms with Gasteiger partial charge in [-0.05, 0) is 31.7 Å². The van der Waals surface area contributed by atoms with Gasteiger partial charge in [-0.15, -0.1) is 12.4 Å². The highest BCUT2D eigenvalue weighted by molar-refractivity contribution is 5.85. The van der Waals surface area contributed by atoms with E-state index in [2.05, 4.69) is 39.9 Å². The normalized spacial score (nSPS) is 13.1. The van der Waals surface area contributed by atoms with Crippen LogP contribution in [0.3, 0.4) is 0 Å². The zero-order chi connectivity index (χ0) is 10.3.